The Bertz CT molecular complexity index is 642. The first kappa shape index (κ1) is 21.0. The molecule has 0 bridgehead atoms. The standard InChI is InChI=1S/C20H31N3O4/c1-15(21)20(22-17(24)27-19(2,3)4)11-8-12-23(14-20)18(25)26-13-16-9-6-5-7-10-16/h5-7,9-10,15H,8,11-14,21H2,1-4H3,(H,22,24). The number of nitrogens with two attached hydrogens (primary N) is 1. The summed E-state index contributed by atoms with van der Waals surface area (Å²) in [6, 6.07) is 9.16. The molecule has 2 rings (SSSR count). The Morgan fingerprint density at radius 2 is 1.96 bits per heavy atom. The van der Waals surface area contributed by atoms with Crippen molar-refractivity contribution in [1.82, 2.24) is 10.2 Å². The molecule has 1 fully saturated rings. The zero-order chi connectivity index (χ0) is 20.1. The second-order valence-electron chi connectivity index (χ2n) is 8.14. The number of nitrogens with zero attached hydrogens (tertiary/aromatic N) is 1. The van der Waals surface area contributed by atoms with Gasteiger partial charge < -0.3 is 25.4 Å². The second kappa shape index (κ2) is 8.61. The minimum atomic E-state index is -0.744. The smallest absolute Gasteiger partial charge is 0.410 e. The normalized spacial score (nSPS) is 21.3. The first-order chi connectivity index (χ1) is 12.6. The van der Waals surface area contributed by atoms with Crippen LogP contribution in [0.5, 0.6) is 0 Å². The lowest BCUT2D eigenvalue weighted by Crippen LogP contribution is -2.67. The van der Waals surface area contributed by atoms with Gasteiger partial charge in [0, 0.05) is 19.1 Å². The number of alkyl carbamates (subject to hydrolysis) is 1. The third-order valence-electron chi connectivity index (χ3n) is 4.61. The van der Waals surface area contributed by atoms with Crippen molar-refractivity contribution in [2.45, 2.75) is 64.3 Å². The highest BCUT2D eigenvalue weighted by atomic mass is 16.6. The van der Waals surface area contributed by atoms with E-state index in [1.54, 1.807) is 25.7 Å². The van der Waals surface area contributed by atoms with Gasteiger partial charge in [-0.05, 0) is 46.1 Å². The van der Waals surface area contributed by atoms with Crippen LogP contribution in [0.3, 0.4) is 0 Å². The van der Waals surface area contributed by atoms with E-state index in [4.69, 9.17) is 15.2 Å². The molecule has 0 saturated carbocycles. The van der Waals surface area contributed by atoms with Crippen LogP contribution >= 0.6 is 0 Å². The van der Waals surface area contributed by atoms with Crippen molar-refractivity contribution in [2.75, 3.05) is 13.1 Å². The first-order valence-electron chi connectivity index (χ1n) is 9.34. The van der Waals surface area contributed by atoms with E-state index >= 15 is 0 Å². The molecular formula is C20H31N3O4. The Morgan fingerprint density at radius 1 is 1.30 bits per heavy atom. The van der Waals surface area contributed by atoms with Crippen molar-refractivity contribution in [3.63, 3.8) is 0 Å². The van der Waals surface area contributed by atoms with Gasteiger partial charge in [0.1, 0.15) is 12.2 Å². The Morgan fingerprint density at radius 3 is 2.56 bits per heavy atom. The van der Waals surface area contributed by atoms with Crippen LogP contribution in [0.4, 0.5) is 9.59 Å². The average molecular weight is 377 g/mol. The molecule has 2 amide bonds. The number of amides is 2. The number of benzene rings is 1. The Labute approximate surface area is 161 Å². The van der Waals surface area contributed by atoms with Gasteiger partial charge in [-0.2, -0.15) is 0 Å². The highest BCUT2D eigenvalue weighted by Crippen LogP contribution is 2.25. The van der Waals surface area contributed by atoms with E-state index in [-0.39, 0.29) is 19.2 Å². The maximum absolute atomic E-state index is 12.5. The zero-order valence-corrected chi connectivity index (χ0v) is 16.7. The molecule has 3 N–H and O–H groups in total. The zero-order valence-electron chi connectivity index (χ0n) is 16.7. The summed E-state index contributed by atoms with van der Waals surface area (Å²) >= 11 is 0. The molecule has 1 heterocycles. The molecule has 1 aliphatic heterocycles. The number of hydrogen-bond donors (Lipinski definition) is 2. The fourth-order valence-corrected chi connectivity index (χ4v) is 3.14. The van der Waals surface area contributed by atoms with E-state index in [9.17, 15) is 9.59 Å². The summed E-state index contributed by atoms with van der Waals surface area (Å²) in [5.41, 5.74) is 5.77. The number of likely N-dealkylation sites (tertiary alicyclic amines) is 1. The van der Waals surface area contributed by atoms with Crippen molar-refractivity contribution in [1.29, 1.82) is 0 Å². The molecule has 0 aromatic heterocycles. The third-order valence-corrected chi connectivity index (χ3v) is 4.61. The van der Waals surface area contributed by atoms with Crippen LogP contribution in [0.15, 0.2) is 30.3 Å². The lowest BCUT2D eigenvalue weighted by molar-refractivity contribution is 0.0285. The van der Waals surface area contributed by atoms with E-state index in [1.165, 1.54) is 0 Å². The third kappa shape index (κ3) is 6.13. The number of rotatable bonds is 4. The average Bonchev–Trinajstić information content (AvgIpc) is 2.59. The minimum Gasteiger partial charge on any atom is -0.445 e. The van der Waals surface area contributed by atoms with Crippen molar-refractivity contribution in [2.24, 2.45) is 5.73 Å². The fraction of sp³-hybridized carbons (Fsp3) is 0.600. The Kier molecular flexibility index (Phi) is 6.70. The molecule has 0 spiro atoms. The summed E-state index contributed by atoms with van der Waals surface area (Å²) in [6.45, 7) is 8.31. The molecule has 2 atom stereocenters. The van der Waals surface area contributed by atoms with Crippen LogP contribution in [-0.4, -0.2) is 47.4 Å². The van der Waals surface area contributed by atoms with E-state index in [0.29, 0.717) is 13.0 Å². The number of nitrogens with one attached hydrogen (secondary N) is 1. The van der Waals surface area contributed by atoms with Crippen LogP contribution in [0.25, 0.3) is 0 Å². The van der Waals surface area contributed by atoms with E-state index in [0.717, 1.165) is 12.0 Å². The molecule has 1 saturated heterocycles. The molecule has 7 heteroatoms. The van der Waals surface area contributed by atoms with E-state index < -0.39 is 23.3 Å². The van der Waals surface area contributed by atoms with Crippen molar-refractivity contribution < 1.29 is 19.1 Å². The quantitative estimate of drug-likeness (QED) is 0.841. The monoisotopic (exact) mass is 377 g/mol. The van der Waals surface area contributed by atoms with Gasteiger partial charge in [0.2, 0.25) is 0 Å². The van der Waals surface area contributed by atoms with Crippen LogP contribution in [-0.2, 0) is 16.1 Å². The van der Waals surface area contributed by atoms with Crippen LogP contribution in [0, 0.1) is 0 Å². The van der Waals surface area contributed by atoms with Crippen LogP contribution in [0.1, 0.15) is 46.1 Å². The summed E-state index contributed by atoms with van der Waals surface area (Å²) in [4.78, 5) is 26.4. The number of ether oxygens (including phenoxy) is 2. The van der Waals surface area contributed by atoms with Gasteiger partial charge in [0.15, 0.2) is 0 Å². The number of hydrogen-bond acceptors (Lipinski definition) is 5. The fourth-order valence-electron chi connectivity index (χ4n) is 3.14. The lowest BCUT2D eigenvalue weighted by atomic mass is 9.83. The first-order valence-corrected chi connectivity index (χ1v) is 9.34. The van der Waals surface area contributed by atoms with Gasteiger partial charge in [-0.3, -0.25) is 0 Å². The van der Waals surface area contributed by atoms with Gasteiger partial charge in [-0.25, -0.2) is 9.59 Å². The summed E-state index contributed by atoms with van der Waals surface area (Å²) in [5, 5.41) is 2.91. The predicted octanol–water partition coefficient (Wildman–Crippen LogP) is 3.03. The molecule has 1 aromatic rings. The van der Waals surface area contributed by atoms with Crippen LogP contribution in [0.2, 0.25) is 0 Å². The maximum Gasteiger partial charge on any atom is 0.410 e. The molecule has 7 nitrogen and oxygen atoms in total. The summed E-state index contributed by atoms with van der Waals surface area (Å²) in [7, 11) is 0. The lowest BCUT2D eigenvalue weighted by Gasteiger charge is -2.45. The van der Waals surface area contributed by atoms with Gasteiger partial charge >= 0.3 is 12.2 Å². The van der Waals surface area contributed by atoms with Gasteiger partial charge in [-0.15, -0.1) is 0 Å². The largest absolute Gasteiger partial charge is 0.445 e. The van der Waals surface area contributed by atoms with Gasteiger partial charge in [-0.1, -0.05) is 30.3 Å². The van der Waals surface area contributed by atoms with Gasteiger partial charge in [0.05, 0.1) is 5.54 Å². The summed E-state index contributed by atoms with van der Waals surface area (Å²) in [5.74, 6) is 0. The molecule has 1 aromatic carbocycles. The highest BCUT2D eigenvalue weighted by Gasteiger charge is 2.42. The van der Waals surface area contributed by atoms with E-state index in [1.807, 2.05) is 37.3 Å². The van der Waals surface area contributed by atoms with Crippen molar-refractivity contribution in [3.05, 3.63) is 35.9 Å². The van der Waals surface area contributed by atoms with Crippen molar-refractivity contribution in [3.8, 4) is 0 Å². The SMILES string of the molecule is CC(N)C1(NC(=O)OC(C)(C)C)CCCN(C(=O)OCc2ccccc2)C1. The molecular weight excluding hydrogens is 346 g/mol. The summed E-state index contributed by atoms with van der Waals surface area (Å²) < 4.78 is 10.8. The number of piperidine rings is 1. The molecule has 0 aliphatic carbocycles. The number of carbonyl (C=O) groups excluding carboxylic acids is 2. The molecule has 0 radical (unpaired) electrons. The molecule has 150 valence electrons. The number of carbonyl (C=O) groups is 2. The molecule has 2 unspecified atom stereocenters. The topological polar surface area (TPSA) is 93.9 Å². The van der Waals surface area contributed by atoms with Gasteiger partial charge in [0.25, 0.3) is 0 Å². The maximum atomic E-state index is 12.5. The predicted molar refractivity (Wildman–Crippen MR) is 103 cm³/mol. The minimum absolute atomic E-state index is 0.209. The molecule has 1 aliphatic rings. The Hall–Kier alpha value is -2.28. The van der Waals surface area contributed by atoms with E-state index in [2.05, 4.69) is 5.32 Å². The van der Waals surface area contributed by atoms with Crippen LogP contribution < -0.4 is 11.1 Å². The summed E-state index contributed by atoms with van der Waals surface area (Å²) in [6.07, 6.45) is 0.457. The Balaban J connectivity index is 2.01. The van der Waals surface area contributed by atoms with Crippen molar-refractivity contribution >= 4 is 12.2 Å². The molecule has 27 heavy (non-hydrogen) atoms. The second-order valence-corrected chi connectivity index (χ2v) is 8.14. The highest BCUT2D eigenvalue weighted by molar-refractivity contribution is 5.70.